The van der Waals surface area contributed by atoms with E-state index in [1.165, 1.54) is 18.2 Å². The van der Waals surface area contributed by atoms with Gasteiger partial charge in [0.15, 0.2) is 15.5 Å². The lowest BCUT2D eigenvalue weighted by Gasteiger charge is -2.28. The van der Waals surface area contributed by atoms with Crippen LogP contribution in [0.15, 0.2) is 86.6 Å². The predicted octanol–water partition coefficient (Wildman–Crippen LogP) is 2.45. The van der Waals surface area contributed by atoms with E-state index in [1.54, 1.807) is 48.5 Å². The monoisotopic (exact) mass is 519 g/mol. The first-order chi connectivity index (χ1) is 17.7. The van der Waals surface area contributed by atoms with E-state index in [2.05, 4.69) is 5.10 Å². The number of amides is 1. The van der Waals surface area contributed by atoms with Crippen molar-refractivity contribution in [3.05, 3.63) is 88.3 Å². The number of nitrogens with zero attached hydrogens (tertiary/aromatic N) is 3. The smallest absolute Gasteiger partial charge is 0.357 e. The van der Waals surface area contributed by atoms with E-state index in [-0.39, 0.29) is 22.6 Å². The first kappa shape index (κ1) is 24.2. The van der Waals surface area contributed by atoms with Crippen LogP contribution in [0.1, 0.15) is 5.56 Å². The third-order valence-corrected chi connectivity index (χ3v) is 7.69. The maximum atomic E-state index is 12.8. The molecule has 1 aromatic heterocycles. The fourth-order valence-electron chi connectivity index (χ4n) is 4.11. The number of carbonyl (C=O) groups is 2. The van der Waals surface area contributed by atoms with Crippen LogP contribution in [0.5, 0.6) is 0 Å². The molecule has 2 aromatic carbocycles. The van der Waals surface area contributed by atoms with E-state index in [0.29, 0.717) is 29.7 Å². The molecule has 0 atom stereocenters. The summed E-state index contributed by atoms with van der Waals surface area (Å²) in [6, 6.07) is 15.4. The number of benzene rings is 2. The van der Waals surface area contributed by atoms with Crippen molar-refractivity contribution < 1.29 is 27.5 Å². The lowest BCUT2D eigenvalue weighted by atomic mass is 10.1. The third kappa shape index (κ3) is 4.94. The number of anilines is 2. The maximum Gasteiger partial charge on any atom is 0.357 e. The van der Waals surface area contributed by atoms with Gasteiger partial charge in [-0.05, 0) is 42.5 Å². The zero-order valence-electron chi connectivity index (χ0n) is 19.4. The molecule has 188 valence electrons. The largest absolute Gasteiger partial charge is 0.476 e. The maximum absolute atomic E-state index is 12.8. The molecule has 1 N–H and O–H groups in total. The van der Waals surface area contributed by atoms with E-state index < -0.39 is 33.1 Å². The van der Waals surface area contributed by atoms with Crippen LogP contribution in [-0.4, -0.2) is 55.7 Å². The Morgan fingerprint density at radius 1 is 1.00 bits per heavy atom. The highest BCUT2D eigenvalue weighted by atomic mass is 32.2. The molecule has 0 unspecified atom stereocenters. The fourth-order valence-corrected chi connectivity index (χ4v) is 5.32. The van der Waals surface area contributed by atoms with Gasteiger partial charge in [-0.2, -0.15) is 10.1 Å². The second-order valence-corrected chi connectivity index (χ2v) is 10.8. The first-order valence-electron chi connectivity index (χ1n) is 11.4. The van der Waals surface area contributed by atoms with Crippen molar-refractivity contribution in [3.63, 3.8) is 0 Å². The zero-order valence-corrected chi connectivity index (χ0v) is 20.2. The van der Waals surface area contributed by atoms with Gasteiger partial charge in [0.25, 0.3) is 5.91 Å². The predicted molar refractivity (Wildman–Crippen MR) is 139 cm³/mol. The lowest BCUT2D eigenvalue weighted by Crippen LogP contribution is -2.40. The van der Waals surface area contributed by atoms with Crippen molar-refractivity contribution >= 4 is 55.8 Å². The van der Waals surface area contributed by atoms with E-state index >= 15 is 0 Å². The minimum atomic E-state index is -3.01. The van der Waals surface area contributed by atoms with Gasteiger partial charge in [0, 0.05) is 30.2 Å². The summed E-state index contributed by atoms with van der Waals surface area (Å²) in [7, 11) is -3.01. The van der Waals surface area contributed by atoms with E-state index in [0.717, 1.165) is 10.7 Å². The number of aliphatic carboxylic acids is 1. The third-order valence-electron chi connectivity index (χ3n) is 6.08. The molecule has 0 bridgehead atoms. The average Bonchev–Trinajstić information content (AvgIpc) is 3.21. The molecule has 10 nitrogen and oxygen atoms in total. The van der Waals surface area contributed by atoms with Gasteiger partial charge in [-0.25, -0.2) is 18.0 Å². The van der Waals surface area contributed by atoms with Crippen LogP contribution in [0.3, 0.4) is 0 Å². The molecule has 3 heterocycles. The summed E-state index contributed by atoms with van der Waals surface area (Å²) in [5.41, 5.74) is 0.627. The van der Waals surface area contributed by atoms with Crippen LogP contribution in [0.2, 0.25) is 0 Å². The lowest BCUT2D eigenvalue weighted by molar-refractivity contribution is -0.129. The van der Waals surface area contributed by atoms with Gasteiger partial charge in [-0.15, -0.1) is 0 Å². The van der Waals surface area contributed by atoms with E-state index in [4.69, 9.17) is 4.42 Å². The van der Waals surface area contributed by atoms with Crippen LogP contribution < -0.4 is 15.5 Å². The number of rotatable bonds is 5. The normalized spacial score (nSPS) is 18.6. The molecule has 0 spiro atoms. The van der Waals surface area contributed by atoms with Gasteiger partial charge in [-0.1, -0.05) is 24.3 Å². The quantitative estimate of drug-likeness (QED) is 0.401. The Hall–Kier alpha value is -4.51. The number of fused-ring (bicyclic) bond motifs is 1. The van der Waals surface area contributed by atoms with Crippen LogP contribution in [0.4, 0.5) is 11.4 Å². The number of para-hydroxylation sites is 1. The number of carboxylic acid groups (broad SMARTS) is 1. The molecule has 0 saturated carbocycles. The molecule has 2 aliphatic heterocycles. The molecule has 2 aliphatic rings. The van der Waals surface area contributed by atoms with Crippen molar-refractivity contribution in [2.24, 2.45) is 5.10 Å². The molecular formula is C26H21N3O7S. The molecule has 5 rings (SSSR count). The number of carbonyl (C=O) groups excluding carboxylic acids is 1. The Kier molecular flexibility index (Phi) is 6.22. The van der Waals surface area contributed by atoms with Crippen LogP contribution in [-0.2, 0) is 19.4 Å². The molecule has 1 amide bonds. The summed E-state index contributed by atoms with van der Waals surface area (Å²) in [6.45, 7) is 0.741. The van der Waals surface area contributed by atoms with Gasteiger partial charge >= 0.3 is 11.6 Å². The zero-order chi connectivity index (χ0) is 26.2. The van der Waals surface area contributed by atoms with Crippen LogP contribution >= 0.6 is 0 Å². The van der Waals surface area contributed by atoms with Crippen LogP contribution in [0, 0.1) is 0 Å². The van der Waals surface area contributed by atoms with Crippen molar-refractivity contribution in [1.29, 1.82) is 0 Å². The number of allylic oxidation sites excluding steroid dienone is 2. The van der Waals surface area contributed by atoms with Gasteiger partial charge in [0.1, 0.15) is 5.58 Å². The van der Waals surface area contributed by atoms with Gasteiger partial charge in [0.05, 0.1) is 28.3 Å². The van der Waals surface area contributed by atoms with Crippen molar-refractivity contribution in [2.45, 2.75) is 0 Å². The molecule has 3 aromatic rings. The number of hydrazone groups is 1. The van der Waals surface area contributed by atoms with Gasteiger partial charge in [-0.3, -0.25) is 4.79 Å². The molecule has 37 heavy (non-hydrogen) atoms. The van der Waals surface area contributed by atoms with E-state index in [1.807, 2.05) is 11.0 Å². The second kappa shape index (κ2) is 9.51. The Balaban J connectivity index is 1.39. The Morgan fingerprint density at radius 2 is 1.73 bits per heavy atom. The number of hydrogen-bond donors (Lipinski definition) is 1. The minimum absolute atomic E-state index is 0.0775. The van der Waals surface area contributed by atoms with Gasteiger partial charge < -0.3 is 14.4 Å². The SMILES string of the molecule is O=C(O)C1=NN(c2ccccc2)C(=O)/C1=C\C=C\c1cc2ccc(N3CCS(=O)(=O)CC3)cc2oc1=O. The number of carboxylic acids is 1. The standard InChI is InChI=1S/C26H21N3O7S/c30-24-21(23(25(31)32)27-29(24)19-6-2-1-3-7-19)8-4-5-18-15-17-9-10-20(16-22(17)36-26(18)33)28-11-13-37(34,35)14-12-28/h1-10,15-16H,11-14H2,(H,31,32)/b5-4+,21-8-. The number of sulfone groups is 1. The minimum Gasteiger partial charge on any atom is -0.476 e. The molecular weight excluding hydrogens is 498 g/mol. The van der Waals surface area contributed by atoms with Crippen molar-refractivity contribution in [2.75, 3.05) is 34.5 Å². The average molecular weight is 520 g/mol. The van der Waals surface area contributed by atoms with E-state index in [9.17, 15) is 27.9 Å². The molecule has 11 heteroatoms. The summed E-state index contributed by atoms with van der Waals surface area (Å²) in [5.74, 6) is -1.79. The summed E-state index contributed by atoms with van der Waals surface area (Å²) in [4.78, 5) is 39.0. The highest BCUT2D eigenvalue weighted by Crippen LogP contribution is 2.25. The molecule has 0 radical (unpaired) electrons. The molecule has 1 saturated heterocycles. The summed E-state index contributed by atoms with van der Waals surface area (Å²) in [5, 5.41) is 15.1. The Labute approximate surface area is 211 Å². The van der Waals surface area contributed by atoms with Crippen molar-refractivity contribution in [3.8, 4) is 0 Å². The van der Waals surface area contributed by atoms with Crippen LogP contribution in [0.25, 0.3) is 17.0 Å². The topological polar surface area (TPSA) is 138 Å². The molecule has 0 aliphatic carbocycles. The summed E-state index contributed by atoms with van der Waals surface area (Å²) >= 11 is 0. The summed E-state index contributed by atoms with van der Waals surface area (Å²) < 4.78 is 28.9. The fraction of sp³-hybridized carbons (Fsp3) is 0.154. The molecule has 1 fully saturated rings. The number of hydrogen-bond acceptors (Lipinski definition) is 8. The second-order valence-electron chi connectivity index (χ2n) is 8.50. The highest BCUT2D eigenvalue weighted by molar-refractivity contribution is 7.91. The highest BCUT2D eigenvalue weighted by Gasteiger charge is 2.34. The Bertz CT molecular complexity index is 1660. The van der Waals surface area contributed by atoms with Gasteiger partial charge in [0.2, 0.25) is 0 Å². The van der Waals surface area contributed by atoms with Crippen molar-refractivity contribution in [1.82, 2.24) is 0 Å². The Morgan fingerprint density at radius 3 is 2.43 bits per heavy atom. The first-order valence-corrected chi connectivity index (χ1v) is 13.2. The summed E-state index contributed by atoms with van der Waals surface area (Å²) in [6.07, 6.45) is 4.13.